The first-order valence-corrected chi connectivity index (χ1v) is 7.78. The molecular weight excluding hydrogens is 208 g/mol. The zero-order chi connectivity index (χ0) is 12.1. The average Bonchev–Trinajstić information content (AvgIpc) is 2.40. The van der Waals surface area contributed by atoms with Gasteiger partial charge in [0.15, 0.2) is 0 Å². The zero-order valence-corrected chi connectivity index (χ0v) is 11.8. The van der Waals surface area contributed by atoms with Crippen LogP contribution in [0.1, 0.15) is 58.8 Å². The summed E-state index contributed by atoms with van der Waals surface area (Å²) in [5.74, 6) is 0.912. The molecule has 17 heavy (non-hydrogen) atoms. The molecule has 1 N–H and O–H groups in total. The van der Waals surface area contributed by atoms with E-state index < -0.39 is 0 Å². The van der Waals surface area contributed by atoms with Crippen molar-refractivity contribution in [2.24, 2.45) is 5.92 Å². The molecule has 2 fully saturated rings. The van der Waals surface area contributed by atoms with E-state index in [2.05, 4.69) is 24.1 Å². The molecule has 1 aliphatic carbocycles. The minimum Gasteiger partial charge on any atom is -0.314 e. The van der Waals surface area contributed by atoms with Gasteiger partial charge in [0, 0.05) is 12.1 Å². The molecular formula is C15H30N2. The number of piperidine rings is 1. The quantitative estimate of drug-likeness (QED) is 0.810. The van der Waals surface area contributed by atoms with Gasteiger partial charge >= 0.3 is 0 Å². The molecule has 1 aliphatic heterocycles. The van der Waals surface area contributed by atoms with Crippen molar-refractivity contribution in [2.75, 3.05) is 19.6 Å². The summed E-state index contributed by atoms with van der Waals surface area (Å²) in [7, 11) is 0. The smallest absolute Gasteiger partial charge is 0.00952 e. The summed E-state index contributed by atoms with van der Waals surface area (Å²) in [6, 6.07) is 1.65. The number of hydrogen-bond donors (Lipinski definition) is 1. The van der Waals surface area contributed by atoms with Crippen LogP contribution in [0.2, 0.25) is 0 Å². The number of rotatable bonds is 4. The standard InChI is InChI=1S/C15H30N2/c1-3-16-13(2)14-9-11-17(12-10-14)15-7-5-4-6-8-15/h13-16H,3-12H2,1-2H3. The largest absolute Gasteiger partial charge is 0.314 e. The van der Waals surface area contributed by atoms with Crippen LogP contribution in [0, 0.1) is 5.92 Å². The molecule has 1 unspecified atom stereocenters. The van der Waals surface area contributed by atoms with E-state index in [9.17, 15) is 0 Å². The first-order valence-electron chi connectivity index (χ1n) is 7.78. The summed E-state index contributed by atoms with van der Waals surface area (Å²) >= 11 is 0. The number of hydrogen-bond acceptors (Lipinski definition) is 2. The first kappa shape index (κ1) is 13.4. The molecule has 2 aliphatic rings. The average molecular weight is 238 g/mol. The molecule has 1 heterocycles. The van der Waals surface area contributed by atoms with Crippen LogP contribution in [0.3, 0.4) is 0 Å². The Bertz CT molecular complexity index is 203. The highest BCUT2D eigenvalue weighted by Crippen LogP contribution is 2.28. The van der Waals surface area contributed by atoms with Gasteiger partial charge in [0.1, 0.15) is 0 Å². The lowest BCUT2D eigenvalue weighted by atomic mass is 9.87. The van der Waals surface area contributed by atoms with Gasteiger partial charge in [-0.05, 0) is 58.2 Å². The van der Waals surface area contributed by atoms with Crippen LogP contribution in [-0.2, 0) is 0 Å². The van der Waals surface area contributed by atoms with Crippen molar-refractivity contribution in [3.05, 3.63) is 0 Å². The van der Waals surface area contributed by atoms with Gasteiger partial charge in [0.25, 0.3) is 0 Å². The van der Waals surface area contributed by atoms with Crippen LogP contribution >= 0.6 is 0 Å². The van der Waals surface area contributed by atoms with E-state index in [4.69, 9.17) is 0 Å². The molecule has 0 spiro atoms. The van der Waals surface area contributed by atoms with E-state index in [0.717, 1.165) is 18.5 Å². The Morgan fingerprint density at radius 2 is 1.71 bits per heavy atom. The van der Waals surface area contributed by atoms with Crippen LogP contribution < -0.4 is 5.32 Å². The Kier molecular flexibility index (Phi) is 5.30. The van der Waals surface area contributed by atoms with Gasteiger partial charge in [-0.3, -0.25) is 0 Å². The van der Waals surface area contributed by atoms with Crippen LogP contribution in [0.5, 0.6) is 0 Å². The van der Waals surface area contributed by atoms with E-state index in [1.165, 1.54) is 58.0 Å². The highest BCUT2D eigenvalue weighted by Gasteiger charge is 2.28. The Labute approximate surface area is 107 Å². The second-order valence-corrected chi connectivity index (χ2v) is 6.01. The topological polar surface area (TPSA) is 15.3 Å². The first-order chi connectivity index (χ1) is 8.31. The lowest BCUT2D eigenvalue weighted by molar-refractivity contribution is 0.0969. The van der Waals surface area contributed by atoms with Crippen molar-refractivity contribution in [3.8, 4) is 0 Å². The van der Waals surface area contributed by atoms with Crippen molar-refractivity contribution >= 4 is 0 Å². The van der Waals surface area contributed by atoms with Crippen molar-refractivity contribution in [3.63, 3.8) is 0 Å². The Hall–Kier alpha value is -0.0800. The van der Waals surface area contributed by atoms with E-state index in [1.807, 2.05) is 0 Å². The second-order valence-electron chi connectivity index (χ2n) is 6.01. The lowest BCUT2D eigenvalue weighted by Crippen LogP contribution is -2.46. The molecule has 0 amide bonds. The van der Waals surface area contributed by atoms with Crippen LogP contribution in [0.15, 0.2) is 0 Å². The summed E-state index contributed by atoms with van der Waals surface area (Å²) in [5, 5.41) is 3.59. The van der Waals surface area contributed by atoms with Crippen molar-refractivity contribution < 1.29 is 0 Å². The van der Waals surface area contributed by atoms with E-state index >= 15 is 0 Å². The fourth-order valence-corrected chi connectivity index (χ4v) is 3.72. The summed E-state index contributed by atoms with van der Waals surface area (Å²) in [6.07, 6.45) is 10.2. The Balaban J connectivity index is 1.73. The fraction of sp³-hybridized carbons (Fsp3) is 1.00. The highest BCUT2D eigenvalue weighted by atomic mass is 15.2. The molecule has 100 valence electrons. The number of nitrogens with one attached hydrogen (secondary N) is 1. The van der Waals surface area contributed by atoms with Gasteiger partial charge < -0.3 is 10.2 Å². The van der Waals surface area contributed by atoms with Gasteiger partial charge in [-0.15, -0.1) is 0 Å². The monoisotopic (exact) mass is 238 g/mol. The summed E-state index contributed by atoms with van der Waals surface area (Å²) in [5.41, 5.74) is 0. The van der Waals surface area contributed by atoms with Crippen molar-refractivity contribution in [1.82, 2.24) is 10.2 Å². The zero-order valence-electron chi connectivity index (χ0n) is 11.8. The van der Waals surface area contributed by atoms with Crippen molar-refractivity contribution in [1.29, 1.82) is 0 Å². The molecule has 1 saturated heterocycles. The third kappa shape index (κ3) is 3.69. The van der Waals surface area contributed by atoms with Crippen LogP contribution in [-0.4, -0.2) is 36.6 Å². The maximum Gasteiger partial charge on any atom is 0.00952 e. The molecule has 0 aromatic carbocycles. The Morgan fingerprint density at radius 1 is 1.06 bits per heavy atom. The Morgan fingerprint density at radius 3 is 2.29 bits per heavy atom. The van der Waals surface area contributed by atoms with E-state index in [-0.39, 0.29) is 0 Å². The van der Waals surface area contributed by atoms with Crippen molar-refractivity contribution in [2.45, 2.75) is 70.9 Å². The SMILES string of the molecule is CCNC(C)C1CCN(C2CCCCC2)CC1. The molecule has 2 nitrogen and oxygen atoms in total. The van der Waals surface area contributed by atoms with E-state index in [1.54, 1.807) is 0 Å². The van der Waals surface area contributed by atoms with Gasteiger partial charge in [-0.1, -0.05) is 26.2 Å². The van der Waals surface area contributed by atoms with E-state index in [0.29, 0.717) is 6.04 Å². The van der Waals surface area contributed by atoms with Gasteiger partial charge in [-0.2, -0.15) is 0 Å². The van der Waals surface area contributed by atoms with Crippen LogP contribution in [0.25, 0.3) is 0 Å². The summed E-state index contributed by atoms with van der Waals surface area (Å²) in [4.78, 5) is 2.79. The molecule has 2 heteroatoms. The van der Waals surface area contributed by atoms with Gasteiger partial charge in [0.05, 0.1) is 0 Å². The number of likely N-dealkylation sites (tertiary alicyclic amines) is 1. The summed E-state index contributed by atoms with van der Waals surface area (Å²) in [6.45, 7) is 8.40. The predicted molar refractivity (Wildman–Crippen MR) is 74.3 cm³/mol. The number of nitrogens with zero attached hydrogens (tertiary/aromatic N) is 1. The third-order valence-electron chi connectivity index (χ3n) is 4.90. The minimum absolute atomic E-state index is 0.716. The maximum atomic E-state index is 3.59. The second kappa shape index (κ2) is 6.75. The third-order valence-corrected chi connectivity index (χ3v) is 4.90. The molecule has 2 rings (SSSR count). The summed E-state index contributed by atoms with van der Waals surface area (Å²) < 4.78 is 0. The maximum absolute atomic E-state index is 3.59. The predicted octanol–water partition coefficient (Wildman–Crippen LogP) is 3.03. The molecule has 0 aromatic rings. The normalized spacial score (nSPS) is 27.2. The molecule has 1 saturated carbocycles. The molecule has 0 radical (unpaired) electrons. The minimum atomic E-state index is 0.716. The van der Waals surface area contributed by atoms with Gasteiger partial charge in [0.2, 0.25) is 0 Å². The lowest BCUT2D eigenvalue weighted by Gasteiger charge is -2.40. The highest BCUT2D eigenvalue weighted by molar-refractivity contribution is 4.83. The molecule has 1 atom stereocenters. The van der Waals surface area contributed by atoms with Crippen LogP contribution in [0.4, 0.5) is 0 Å². The molecule has 0 bridgehead atoms. The molecule has 0 aromatic heterocycles. The fourth-order valence-electron chi connectivity index (χ4n) is 3.72. The van der Waals surface area contributed by atoms with Gasteiger partial charge in [-0.25, -0.2) is 0 Å².